The molecule has 0 saturated heterocycles. The van der Waals surface area contributed by atoms with Crippen LogP contribution in [-0.4, -0.2) is 46.0 Å². The molecule has 10 heteroatoms. The van der Waals surface area contributed by atoms with E-state index in [1.807, 2.05) is 13.8 Å². The highest BCUT2D eigenvalue weighted by atomic mass is 32.1. The number of hydrogen-bond acceptors (Lipinski definition) is 7. The molecule has 1 aromatic carbocycles. The Kier molecular flexibility index (Phi) is 6.06. The van der Waals surface area contributed by atoms with Crippen LogP contribution in [0.2, 0.25) is 0 Å². The zero-order valence-electron chi connectivity index (χ0n) is 17.0. The first kappa shape index (κ1) is 21.3. The van der Waals surface area contributed by atoms with Crippen LogP contribution in [0.25, 0.3) is 10.9 Å². The van der Waals surface area contributed by atoms with Gasteiger partial charge in [-0.3, -0.25) is 19.3 Å². The van der Waals surface area contributed by atoms with Crippen LogP contribution >= 0.6 is 12.2 Å². The molecule has 9 nitrogen and oxygen atoms in total. The lowest BCUT2D eigenvalue weighted by Gasteiger charge is -2.16. The molecule has 0 aliphatic heterocycles. The van der Waals surface area contributed by atoms with Gasteiger partial charge in [0.1, 0.15) is 17.0 Å². The van der Waals surface area contributed by atoms with Gasteiger partial charge in [-0.15, -0.1) is 0 Å². The standard InChI is InChI=1S/C20H22N4O5S/c1-5-10(2)24-18(26)11(17(25)23-20(24)30)9-21-15-14-12(7-6-8-13(14)28-3)22-16(15)19(27)29-4/h6-10,22,26H,5H2,1-4H3,(H,23,25,30)/t10-/m0/s1. The first-order valence-electron chi connectivity index (χ1n) is 9.22. The van der Waals surface area contributed by atoms with Crippen molar-refractivity contribution in [3.05, 3.63) is 44.6 Å². The normalized spacial score (nSPS) is 12.4. The van der Waals surface area contributed by atoms with E-state index < -0.39 is 11.5 Å². The summed E-state index contributed by atoms with van der Waals surface area (Å²) in [4.78, 5) is 34.6. The van der Waals surface area contributed by atoms with E-state index in [0.717, 1.165) is 0 Å². The first-order valence-corrected chi connectivity index (χ1v) is 9.63. The maximum Gasteiger partial charge on any atom is 0.356 e. The number of carbonyl (C=O) groups excluding carboxylic acids is 1. The van der Waals surface area contributed by atoms with Gasteiger partial charge in [0.25, 0.3) is 5.56 Å². The molecule has 0 bridgehead atoms. The number of hydrogen-bond donors (Lipinski definition) is 3. The molecular weight excluding hydrogens is 408 g/mol. The van der Waals surface area contributed by atoms with Gasteiger partial charge in [0, 0.05) is 12.3 Å². The van der Waals surface area contributed by atoms with Crippen molar-refractivity contribution in [2.75, 3.05) is 14.2 Å². The number of aromatic amines is 2. The third kappa shape index (κ3) is 3.61. The van der Waals surface area contributed by atoms with E-state index in [1.54, 1.807) is 18.2 Å². The Bertz CT molecular complexity index is 1250. The van der Waals surface area contributed by atoms with Gasteiger partial charge >= 0.3 is 5.97 Å². The summed E-state index contributed by atoms with van der Waals surface area (Å²) in [7, 11) is 2.76. The minimum absolute atomic E-state index is 0.0797. The van der Waals surface area contributed by atoms with Crippen LogP contribution in [0.15, 0.2) is 28.0 Å². The van der Waals surface area contributed by atoms with Gasteiger partial charge in [-0.25, -0.2) is 4.79 Å². The first-order chi connectivity index (χ1) is 14.3. The fourth-order valence-corrected chi connectivity index (χ4v) is 3.50. The lowest BCUT2D eigenvalue weighted by molar-refractivity contribution is 0.0596. The number of fused-ring (bicyclic) bond motifs is 1. The van der Waals surface area contributed by atoms with Crippen molar-refractivity contribution in [1.82, 2.24) is 14.5 Å². The Balaban J connectivity index is 2.26. The number of rotatable bonds is 6. The second-order valence-corrected chi connectivity index (χ2v) is 6.99. The highest BCUT2D eigenvalue weighted by molar-refractivity contribution is 7.71. The van der Waals surface area contributed by atoms with E-state index in [9.17, 15) is 14.7 Å². The zero-order valence-corrected chi connectivity index (χ0v) is 17.8. The fraction of sp³-hybridized carbons (Fsp3) is 0.300. The molecule has 3 N–H and O–H groups in total. The number of esters is 1. The maximum atomic E-state index is 12.4. The van der Waals surface area contributed by atoms with Gasteiger partial charge in [-0.05, 0) is 37.7 Å². The summed E-state index contributed by atoms with van der Waals surface area (Å²) in [5, 5.41) is 11.2. The topological polar surface area (TPSA) is 122 Å². The average Bonchev–Trinajstić information content (AvgIpc) is 3.11. The molecule has 0 aliphatic carbocycles. The van der Waals surface area contributed by atoms with E-state index in [2.05, 4.69) is 15.0 Å². The van der Waals surface area contributed by atoms with Gasteiger partial charge in [-0.1, -0.05) is 13.0 Å². The second kappa shape index (κ2) is 8.54. The summed E-state index contributed by atoms with van der Waals surface area (Å²) < 4.78 is 11.8. The summed E-state index contributed by atoms with van der Waals surface area (Å²) in [6, 6.07) is 5.11. The van der Waals surface area contributed by atoms with Crippen molar-refractivity contribution in [1.29, 1.82) is 0 Å². The Morgan fingerprint density at radius 3 is 2.73 bits per heavy atom. The molecule has 0 amide bonds. The number of aromatic nitrogens is 3. The van der Waals surface area contributed by atoms with Gasteiger partial charge in [0.2, 0.25) is 5.88 Å². The number of aromatic hydroxyl groups is 1. The molecule has 0 fully saturated rings. The molecule has 0 unspecified atom stereocenters. The molecule has 0 saturated carbocycles. The molecule has 158 valence electrons. The smallest absolute Gasteiger partial charge is 0.356 e. The van der Waals surface area contributed by atoms with Crippen molar-refractivity contribution < 1.29 is 19.4 Å². The molecule has 2 heterocycles. The second-order valence-electron chi connectivity index (χ2n) is 6.61. The third-order valence-corrected chi connectivity index (χ3v) is 5.18. The largest absolute Gasteiger partial charge is 0.496 e. The summed E-state index contributed by atoms with van der Waals surface area (Å²) >= 11 is 5.18. The van der Waals surface area contributed by atoms with E-state index in [1.165, 1.54) is 25.0 Å². The van der Waals surface area contributed by atoms with Crippen molar-refractivity contribution in [3.8, 4) is 11.6 Å². The van der Waals surface area contributed by atoms with E-state index in [-0.39, 0.29) is 33.6 Å². The average molecular weight is 430 g/mol. The Morgan fingerprint density at radius 2 is 2.10 bits per heavy atom. The van der Waals surface area contributed by atoms with Crippen LogP contribution in [0.4, 0.5) is 5.69 Å². The summed E-state index contributed by atoms with van der Waals surface area (Å²) in [6.07, 6.45) is 1.89. The molecule has 1 atom stereocenters. The molecule has 2 aromatic heterocycles. The van der Waals surface area contributed by atoms with Crippen LogP contribution < -0.4 is 10.3 Å². The Hall–Kier alpha value is -3.40. The van der Waals surface area contributed by atoms with E-state index >= 15 is 0 Å². The van der Waals surface area contributed by atoms with Crippen molar-refractivity contribution in [3.63, 3.8) is 0 Å². The number of nitrogens with zero attached hydrogens (tertiary/aromatic N) is 2. The molecule has 3 aromatic rings. The van der Waals surface area contributed by atoms with Crippen molar-refractivity contribution in [2.24, 2.45) is 4.99 Å². The molecular formula is C20H22N4O5S. The SMILES string of the molecule is CC[C@H](C)n1c(O)c(C=Nc2c(C(=O)OC)[nH]c3cccc(OC)c23)c(=O)[nH]c1=S. The summed E-state index contributed by atoms with van der Waals surface area (Å²) in [5.41, 5.74) is 0.260. The highest BCUT2D eigenvalue weighted by Crippen LogP contribution is 2.37. The molecule has 0 spiro atoms. The molecule has 30 heavy (non-hydrogen) atoms. The van der Waals surface area contributed by atoms with Gasteiger partial charge < -0.3 is 19.6 Å². The lowest BCUT2D eigenvalue weighted by Crippen LogP contribution is -2.20. The molecule has 0 aliphatic rings. The van der Waals surface area contributed by atoms with Crippen LogP contribution in [0.1, 0.15) is 42.4 Å². The Morgan fingerprint density at radius 1 is 1.37 bits per heavy atom. The number of methoxy groups -OCH3 is 2. The van der Waals surface area contributed by atoms with E-state index in [4.69, 9.17) is 21.7 Å². The van der Waals surface area contributed by atoms with Crippen LogP contribution in [-0.2, 0) is 4.74 Å². The number of nitrogens with one attached hydrogen (secondary N) is 2. The highest BCUT2D eigenvalue weighted by Gasteiger charge is 2.21. The number of carbonyl (C=O) groups is 1. The van der Waals surface area contributed by atoms with Crippen molar-refractivity contribution in [2.45, 2.75) is 26.3 Å². The zero-order chi connectivity index (χ0) is 22.0. The summed E-state index contributed by atoms with van der Waals surface area (Å²) in [5.74, 6) is -0.442. The number of aliphatic imine (C=N–C) groups is 1. The predicted octanol–water partition coefficient (Wildman–Crippen LogP) is 3.61. The molecule has 3 rings (SSSR count). The number of benzene rings is 1. The number of H-pyrrole nitrogens is 2. The van der Waals surface area contributed by atoms with Crippen LogP contribution in [0.5, 0.6) is 11.6 Å². The predicted molar refractivity (Wildman–Crippen MR) is 116 cm³/mol. The molecule has 0 radical (unpaired) electrons. The maximum absolute atomic E-state index is 12.4. The minimum atomic E-state index is -0.630. The quantitative estimate of drug-likeness (QED) is 0.312. The van der Waals surface area contributed by atoms with Gasteiger partial charge in [-0.2, -0.15) is 0 Å². The third-order valence-electron chi connectivity index (χ3n) is 4.88. The van der Waals surface area contributed by atoms with E-state index in [0.29, 0.717) is 23.1 Å². The summed E-state index contributed by atoms with van der Waals surface area (Å²) in [6.45, 7) is 3.81. The minimum Gasteiger partial charge on any atom is -0.496 e. The van der Waals surface area contributed by atoms with Crippen LogP contribution in [0.3, 0.4) is 0 Å². The monoisotopic (exact) mass is 430 g/mol. The Labute approximate surface area is 177 Å². The van der Waals surface area contributed by atoms with Crippen LogP contribution in [0, 0.1) is 4.77 Å². The lowest BCUT2D eigenvalue weighted by atomic mass is 10.2. The van der Waals surface area contributed by atoms with Gasteiger partial charge in [0.15, 0.2) is 10.5 Å². The van der Waals surface area contributed by atoms with Gasteiger partial charge in [0.05, 0.1) is 25.1 Å². The number of ether oxygens (including phenoxy) is 2. The fourth-order valence-electron chi connectivity index (χ4n) is 3.14. The van der Waals surface area contributed by atoms with Crippen molar-refractivity contribution >= 4 is 41.0 Å².